The molecule has 14 heavy (non-hydrogen) atoms. The lowest BCUT2D eigenvalue weighted by Gasteiger charge is -2.28. The molecular weight excluding hydrogens is 198 g/mol. The van der Waals surface area contributed by atoms with E-state index in [2.05, 4.69) is 4.98 Å². The van der Waals surface area contributed by atoms with Gasteiger partial charge in [0.1, 0.15) is 0 Å². The summed E-state index contributed by atoms with van der Waals surface area (Å²) in [5.41, 5.74) is 0.493. The monoisotopic (exact) mass is 215 g/mol. The Labute approximate surface area is 88.8 Å². The lowest BCUT2D eigenvalue weighted by atomic mass is 9.99. The van der Waals surface area contributed by atoms with Gasteiger partial charge in [0.25, 0.3) is 0 Å². The molecule has 1 heterocycles. The molecule has 0 spiro atoms. The van der Waals surface area contributed by atoms with Crippen molar-refractivity contribution < 1.29 is 9.84 Å². The number of aromatic nitrogens is 1. The van der Waals surface area contributed by atoms with Gasteiger partial charge in [-0.05, 0) is 20.8 Å². The van der Waals surface area contributed by atoms with Gasteiger partial charge in [0.2, 0.25) is 0 Å². The number of hydrogen-bond acceptors (Lipinski definition) is 4. The lowest BCUT2D eigenvalue weighted by Crippen LogP contribution is -2.39. The van der Waals surface area contributed by atoms with Crippen molar-refractivity contribution in [1.29, 1.82) is 0 Å². The summed E-state index contributed by atoms with van der Waals surface area (Å²) >= 11 is 1.58. The van der Waals surface area contributed by atoms with Crippen LogP contribution in [-0.4, -0.2) is 28.9 Å². The quantitative estimate of drug-likeness (QED) is 0.832. The second kappa shape index (κ2) is 4.38. The zero-order valence-corrected chi connectivity index (χ0v) is 9.89. The van der Waals surface area contributed by atoms with E-state index in [1.807, 2.05) is 26.2 Å². The molecule has 0 bridgehead atoms. The molecule has 1 aromatic heterocycles. The number of rotatable bonds is 4. The molecule has 1 N–H and O–H groups in total. The van der Waals surface area contributed by atoms with Crippen LogP contribution in [0, 0.1) is 6.92 Å². The van der Waals surface area contributed by atoms with Crippen molar-refractivity contribution in [2.24, 2.45) is 0 Å². The third kappa shape index (κ3) is 2.77. The summed E-state index contributed by atoms with van der Waals surface area (Å²) < 4.78 is 5.21. The summed E-state index contributed by atoms with van der Waals surface area (Å²) in [5.74, 6) is 0. The van der Waals surface area contributed by atoms with Gasteiger partial charge in [-0.3, -0.25) is 0 Å². The minimum absolute atomic E-state index is 0.514. The van der Waals surface area contributed by atoms with Gasteiger partial charge >= 0.3 is 0 Å². The van der Waals surface area contributed by atoms with E-state index < -0.39 is 11.7 Å². The van der Waals surface area contributed by atoms with Gasteiger partial charge in [-0.25, -0.2) is 4.98 Å². The van der Waals surface area contributed by atoms with Gasteiger partial charge in [0.15, 0.2) is 0 Å². The average molecular weight is 215 g/mol. The first-order valence-electron chi connectivity index (χ1n) is 4.60. The predicted octanol–water partition coefficient (Wildman–Crippen LogP) is 1.78. The number of thiazole rings is 1. The highest BCUT2D eigenvalue weighted by Crippen LogP contribution is 2.19. The van der Waals surface area contributed by atoms with E-state index in [-0.39, 0.29) is 0 Å². The van der Waals surface area contributed by atoms with Crippen LogP contribution in [0.5, 0.6) is 0 Å². The van der Waals surface area contributed by atoms with Crippen molar-refractivity contribution in [2.45, 2.75) is 38.9 Å². The Balaban J connectivity index is 2.61. The van der Waals surface area contributed by atoms with Gasteiger partial charge in [-0.15, -0.1) is 11.3 Å². The zero-order valence-electron chi connectivity index (χ0n) is 9.07. The minimum atomic E-state index is -0.516. The topological polar surface area (TPSA) is 42.4 Å². The second-order valence-electron chi connectivity index (χ2n) is 3.91. The molecule has 0 amide bonds. The molecule has 1 aromatic rings. The maximum atomic E-state index is 9.88. The summed E-state index contributed by atoms with van der Waals surface area (Å²) in [6.07, 6.45) is 0.0392. The Kier molecular flexibility index (Phi) is 3.64. The van der Waals surface area contributed by atoms with Crippen molar-refractivity contribution in [3.63, 3.8) is 0 Å². The van der Waals surface area contributed by atoms with Gasteiger partial charge in [-0.2, -0.15) is 0 Å². The molecular formula is C10H17NO2S. The highest BCUT2D eigenvalue weighted by molar-refractivity contribution is 7.09. The van der Waals surface area contributed by atoms with Gasteiger partial charge in [-0.1, -0.05) is 0 Å². The van der Waals surface area contributed by atoms with Crippen molar-refractivity contribution in [3.8, 4) is 0 Å². The molecule has 0 saturated heterocycles. The SMILES string of the molecule is COC(C)(C)C(O)Cc1nc(C)cs1. The van der Waals surface area contributed by atoms with Crippen LogP contribution in [0.2, 0.25) is 0 Å². The maximum absolute atomic E-state index is 9.88. The lowest BCUT2D eigenvalue weighted by molar-refractivity contribution is -0.0765. The second-order valence-corrected chi connectivity index (χ2v) is 4.85. The van der Waals surface area contributed by atoms with Crippen LogP contribution in [0.15, 0.2) is 5.38 Å². The molecule has 0 aliphatic carbocycles. The molecule has 80 valence electrons. The smallest absolute Gasteiger partial charge is 0.0955 e. The van der Waals surface area contributed by atoms with E-state index in [0.29, 0.717) is 6.42 Å². The van der Waals surface area contributed by atoms with Crippen LogP contribution in [0.4, 0.5) is 0 Å². The fraction of sp³-hybridized carbons (Fsp3) is 0.700. The third-order valence-corrected chi connectivity index (χ3v) is 3.35. The minimum Gasteiger partial charge on any atom is -0.390 e. The van der Waals surface area contributed by atoms with Gasteiger partial charge < -0.3 is 9.84 Å². The predicted molar refractivity (Wildman–Crippen MR) is 57.6 cm³/mol. The third-order valence-electron chi connectivity index (χ3n) is 2.36. The van der Waals surface area contributed by atoms with E-state index in [0.717, 1.165) is 10.7 Å². The number of methoxy groups -OCH3 is 1. The molecule has 0 radical (unpaired) electrons. The first kappa shape index (κ1) is 11.6. The van der Waals surface area contributed by atoms with Crippen LogP contribution < -0.4 is 0 Å². The summed E-state index contributed by atoms with van der Waals surface area (Å²) in [6, 6.07) is 0. The zero-order chi connectivity index (χ0) is 10.8. The molecule has 0 saturated carbocycles. The molecule has 1 unspecified atom stereocenters. The number of aliphatic hydroxyl groups is 1. The molecule has 0 aromatic carbocycles. The van der Waals surface area contributed by atoms with Gasteiger partial charge in [0, 0.05) is 24.6 Å². The molecule has 0 aliphatic rings. The first-order chi connectivity index (χ1) is 6.45. The summed E-state index contributed by atoms with van der Waals surface area (Å²) in [6.45, 7) is 5.70. The van der Waals surface area contributed by atoms with Crippen LogP contribution in [0.3, 0.4) is 0 Å². The highest BCUT2D eigenvalue weighted by Gasteiger charge is 2.28. The molecule has 0 fully saturated rings. The van der Waals surface area contributed by atoms with E-state index >= 15 is 0 Å². The number of nitrogens with zero attached hydrogens (tertiary/aromatic N) is 1. The Morgan fingerprint density at radius 3 is 2.71 bits per heavy atom. The van der Waals surface area contributed by atoms with Crippen LogP contribution >= 0.6 is 11.3 Å². The summed E-state index contributed by atoms with van der Waals surface area (Å²) in [5, 5.41) is 12.8. The van der Waals surface area contributed by atoms with Crippen molar-refractivity contribution >= 4 is 11.3 Å². The standard InChI is InChI=1S/C10H17NO2S/c1-7-6-14-9(11-7)5-8(12)10(2,3)13-4/h6,8,12H,5H2,1-4H3. The van der Waals surface area contributed by atoms with E-state index in [4.69, 9.17) is 4.74 Å². The van der Waals surface area contributed by atoms with Crippen LogP contribution in [0.25, 0.3) is 0 Å². The number of ether oxygens (including phenoxy) is 1. The maximum Gasteiger partial charge on any atom is 0.0955 e. The molecule has 3 nitrogen and oxygen atoms in total. The fourth-order valence-corrected chi connectivity index (χ4v) is 1.85. The molecule has 1 rings (SSSR count). The Morgan fingerprint density at radius 2 is 2.29 bits per heavy atom. The molecule has 1 atom stereocenters. The van der Waals surface area contributed by atoms with Crippen LogP contribution in [-0.2, 0) is 11.2 Å². The summed E-state index contributed by atoms with van der Waals surface area (Å²) in [4.78, 5) is 4.30. The summed E-state index contributed by atoms with van der Waals surface area (Å²) in [7, 11) is 1.61. The Morgan fingerprint density at radius 1 is 1.64 bits per heavy atom. The average Bonchev–Trinajstić information content (AvgIpc) is 2.51. The van der Waals surface area contributed by atoms with Crippen molar-refractivity contribution in [2.75, 3.05) is 7.11 Å². The fourth-order valence-electron chi connectivity index (χ4n) is 1.04. The molecule has 0 aliphatic heterocycles. The van der Waals surface area contributed by atoms with Crippen LogP contribution in [0.1, 0.15) is 24.5 Å². The Hall–Kier alpha value is -0.450. The largest absolute Gasteiger partial charge is 0.390 e. The first-order valence-corrected chi connectivity index (χ1v) is 5.48. The number of hydrogen-bond donors (Lipinski definition) is 1. The number of aliphatic hydroxyl groups excluding tert-OH is 1. The van der Waals surface area contributed by atoms with Crippen molar-refractivity contribution in [1.82, 2.24) is 4.98 Å². The van der Waals surface area contributed by atoms with E-state index in [1.54, 1.807) is 18.4 Å². The van der Waals surface area contributed by atoms with E-state index in [1.165, 1.54) is 0 Å². The van der Waals surface area contributed by atoms with Gasteiger partial charge in [0.05, 0.1) is 16.7 Å². The number of aryl methyl sites for hydroxylation is 1. The van der Waals surface area contributed by atoms with Crippen molar-refractivity contribution in [3.05, 3.63) is 16.1 Å². The molecule has 4 heteroatoms. The normalized spacial score (nSPS) is 14.4. The highest BCUT2D eigenvalue weighted by atomic mass is 32.1. The Bertz CT molecular complexity index is 296. The van der Waals surface area contributed by atoms with E-state index in [9.17, 15) is 5.11 Å².